The number of aromatic nitrogens is 4. The third-order valence-electron chi connectivity index (χ3n) is 1.96. The molecule has 0 atom stereocenters. The van der Waals surface area contributed by atoms with Gasteiger partial charge in [0, 0.05) is 0 Å². The molecule has 3 rings (SSSR count). The van der Waals surface area contributed by atoms with Gasteiger partial charge in [-0.25, -0.2) is 0 Å². The van der Waals surface area contributed by atoms with E-state index in [0.29, 0.717) is 0 Å². The van der Waals surface area contributed by atoms with Gasteiger partial charge in [-0.3, -0.25) is 19.9 Å². The van der Waals surface area contributed by atoms with Crippen LogP contribution in [0, 0.1) is 0 Å². The van der Waals surface area contributed by atoms with Crippen molar-refractivity contribution in [2.45, 2.75) is 0 Å². The largest absolute Gasteiger partial charge is 0.807 e. The van der Waals surface area contributed by atoms with Gasteiger partial charge in [0.05, 0.1) is 0 Å². The predicted octanol–water partition coefficient (Wildman–Crippen LogP) is -1.12. The van der Waals surface area contributed by atoms with Crippen molar-refractivity contribution >= 4 is 12.9 Å². The van der Waals surface area contributed by atoms with Crippen LogP contribution in [0.2, 0.25) is 0 Å². The van der Waals surface area contributed by atoms with Gasteiger partial charge in [0.1, 0.15) is 24.8 Å². The molecule has 0 aliphatic carbocycles. The number of nitrogens with one attached hydrogen (secondary N) is 4. The first-order valence-corrected chi connectivity index (χ1v) is 7.20. The Labute approximate surface area is 115 Å². The maximum atomic E-state index is 10.3. The van der Waals surface area contributed by atoms with Crippen LogP contribution >= 0.6 is 7.60 Å². The maximum absolute atomic E-state index is 10.3. The second-order valence-electron chi connectivity index (χ2n) is 3.46. The van der Waals surface area contributed by atoms with Gasteiger partial charge in [-0.05, 0) is 12.9 Å². The standard InChI is InChI=1S/C6H7O3P.2C3H4N2/c7-10(8,9)6-4-2-1-3-5-6;2*1-2-5-3-4-1/h1-5H,(H2,7,8,9);2*1-3H,(H,4,5). The average molecular weight is 294 g/mol. The monoisotopic (exact) mass is 294 g/mol. The first-order valence-electron chi connectivity index (χ1n) is 5.66. The Morgan fingerprint density at radius 3 is 1.60 bits per heavy atom. The fourth-order valence-electron chi connectivity index (χ4n) is 1.09. The van der Waals surface area contributed by atoms with E-state index >= 15 is 0 Å². The fourth-order valence-corrected chi connectivity index (χ4v) is 1.63. The summed E-state index contributed by atoms with van der Waals surface area (Å²) in [7, 11) is -4.52. The van der Waals surface area contributed by atoms with Crippen molar-refractivity contribution in [1.29, 1.82) is 0 Å². The second-order valence-corrected chi connectivity index (χ2v) is 4.97. The molecule has 3 aromatic rings. The molecule has 0 bridgehead atoms. The molecule has 0 saturated carbocycles. The van der Waals surface area contributed by atoms with Gasteiger partial charge in [0.15, 0.2) is 0 Å². The first kappa shape index (κ1) is 15.8. The molecule has 7 nitrogen and oxygen atoms in total. The SMILES string of the molecule is O=P([O-])([O-])c1ccccc1.c1c[nH+]c[nH]1.c1c[nH+]c[nH]1. The van der Waals surface area contributed by atoms with E-state index in [1.807, 2.05) is 24.8 Å². The normalized spacial score (nSPS) is 9.70. The Morgan fingerprint density at radius 2 is 1.40 bits per heavy atom. The number of H-pyrrole nitrogens is 4. The van der Waals surface area contributed by atoms with Gasteiger partial charge in [-0.2, -0.15) is 0 Å². The quantitative estimate of drug-likeness (QED) is 0.553. The minimum atomic E-state index is -4.52. The van der Waals surface area contributed by atoms with Crippen molar-refractivity contribution in [3.8, 4) is 0 Å². The van der Waals surface area contributed by atoms with Crippen molar-refractivity contribution in [2.75, 3.05) is 0 Å². The van der Waals surface area contributed by atoms with Crippen LogP contribution in [-0.4, -0.2) is 9.97 Å². The Balaban J connectivity index is 0.000000167. The van der Waals surface area contributed by atoms with Crippen LogP contribution in [0.5, 0.6) is 0 Å². The summed E-state index contributed by atoms with van der Waals surface area (Å²) in [6.45, 7) is 0. The Kier molecular flexibility index (Phi) is 6.99. The molecule has 20 heavy (non-hydrogen) atoms. The van der Waals surface area contributed by atoms with E-state index in [2.05, 4.69) is 19.9 Å². The van der Waals surface area contributed by atoms with Crippen LogP contribution in [0.15, 0.2) is 67.8 Å². The van der Waals surface area contributed by atoms with Crippen LogP contribution in [-0.2, 0) is 4.57 Å². The summed E-state index contributed by atoms with van der Waals surface area (Å²) in [5, 5.41) is -0.157. The highest BCUT2D eigenvalue weighted by Gasteiger charge is 1.92. The molecule has 0 fully saturated rings. The number of imidazole rings is 2. The summed E-state index contributed by atoms with van der Waals surface area (Å²) in [4.78, 5) is 31.8. The molecule has 2 heterocycles. The molecule has 2 aromatic heterocycles. The van der Waals surface area contributed by atoms with Gasteiger partial charge in [0.2, 0.25) is 12.7 Å². The molecular weight excluding hydrogens is 279 g/mol. The van der Waals surface area contributed by atoms with Gasteiger partial charge in [0.25, 0.3) is 0 Å². The lowest BCUT2D eigenvalue weighted by atomic mass is 10.4. The maximum Gasteiger partial charge on any atom is 0.239 e. The third kappa shape index (κ3) is 7.27. The Morgan fingerprint density at radius 1 is 0.900 bits per heavy atom. The summed E-state index contributed by atoms with van der Waals surface area (Å²) < 4.78 is 10.3. The van der Waals surface area contributed by atoms with Crippen LogP contribution in [0.25, 0.3) is 0 Å². The van der Waals surface area contributed by atoms with Crippen molar-refractivity contribution in [3.05, 3.63) is 67.8 Å². The number of hydrogen-bond donors (Lipinski definition) is 2. The molecule has 0 amide bonds. The zero-order valence-electron chi connectivity index (χ0n) is 10.5. The van der Waals surface area contributed by atoms with E-state index in [4.69, 9.17) is 0 Å². The predicted molar refractivity (Wildman–Crippen MR) is 68.4 cm³/mol. The van der Waals surface area contributed by atoms with E-state index in [1.165, 1.54) is 24.3 Å². The summed E-state index contributed by atoms with van der Waals surface area (Å²) in [5.74, 6) is 0. The van der Waals surface area contributed by atoms with Crippen molar-refractivity contribution < 1.29 is 24.3 Å². The molecule has 1 aromatic carbocycles. The molecule has 0 unspecified atom stereocenters. The van der Waals surface area contributed by atoms with Gasteiger partial charge in [-0.1, -0.05) is 30.3 Å². The lowest BCUT2D eigenvalue weighted by molar-refractivity contribution is -0.376. The molecule has 8 heteroatoms. The summed E-state index contributed by atoms with van der Waals surface area (Å²) >= 11 is 0. The molecule has 0 aliphatic heterocycles. The van der Waals surface area contributed by atoms with E-state index in [1.54, 1.807) is 18.7 Å². The van der Waals surface area contributed by atoms with Crippen molar-refractivity contribution in [2.24, 2.45) is 0 Å². The first-order chi connectivity index (χ1) is 9.61. The van der Waals surface area contributed by atoms with E-state index in [-0.39, 0.29) is 5.30 Å². The number of aromatic amines is 4. The summed E-state index contributed by atoms with van der Waals surface area (Å²) in [6, 6.07) is 7.23. The molecular formula is C12H15N4O3P. The van der Waals surface area contributed by atoms with E-state index < -0.39 is 7.60 Å². The average Bonchev–Trinajstić information content (AvgIpc) is 3.17. The van der Waals surface area contributed by atoms with Crippen molar-refractivity contribution in [3.63, 3.8) is 0 Å². The lowest BCUT2D eigenvalue weighted by Crippen LogP contribution is -2.24. The zero-order chi connectivity index (χ0) is 14.7. The second kappa shape index (κ2) is 8.82. The number of hydrogen-bond acceptors (Lipinski definition) is 3. The smallest absolute Gasteiger partial charge is 0.239 e. The summed E-state index contributed by atoms with van der Waals surface area (Å²) in [6.07, 6.45) is 10.8. The molecule has 4 N–H and O–H groups in total. The number of rotatable bonds is 1. The highest BCUT2D eigenvalue weighted by Crippen LogP contribution is 2.20. The minimum Gasteiger partial charge on any atom is -0.807 e. The van der Waals surface area contributed by atoms with Crippen LogP contribution in [0.4, 0.5) is 0 Å². The lowest BCUT2D eigenvalue weighted by Gasteiger charge is -2.29. The highest BCUT2D eigenvalue weighted by atomic mass is 31.2. The van der Waals surface area contributed by atoms with Gasteiger partial charge >= 0.3 is 0 Å². The number of benzene rings is 1. The zero-order valence-corrected chi connectivity index (χ0v) is 11.4. The Hall–Kier alpha value is -2.21. The molecule has 0 aliphatic rings. The molecule has 0 spiro atoms. The van der Waals surface area contributed by atoms with Crippen LogP contribution in [0.1, 0.15) is 0 Å². The topological polar surface area (TPSA) is 123 Å². The van der Waals surface area contributed by atoms with E-state index in [9.17, 15) is 14.4 Å². The summed E-state index contributed by atoms with van der Waals surface area (Å²) in [5.41, 5.74) is 0. The molecule has 106 valence electrons. The van der Waals surface area contributed by atoms with Crippen LogP contribution < -0.4 is 25.1 Å². The Bertz CT molecular complexity index is 518. The fraction of sp³-hybridized carbons (Fsp3) is 0. The van der Waals surface area contributed by atoms with Crippen LogP contribution in [0.3, 0.4) is 0 Å². The van der Waals surface area contributed by atoms with Gasteiger partial charge in [-0.15, -0.1) is 0 Å². The third-order valence-corrected chi connectivity index (χ3v) is 2.89. The molecule has 0 saturated heterocycles. The van der Waals surface area contributed by atoms with Gasteiger partial charge < -0.3 is 14.4 Å². The molecule has 0 radical (unpaired) electrons. The van der Waals surface area contributed by atoms with Crippen molar-refractivity contribution in [1.82, 2.24) is 9.97 Å². The van der Waals surface area contributed by atoms with E-state index in [0.717, 1.165) is 0 Å². The minimum absolute atomic E-state index is 0.157. The highest BCUT2D eigenvalue weighted by molar-refractivity contribution is 7.57.